The molecule has 0 radical (unpaired) electrons. The molecule has 0 N–H and O–H groups in total. The van der Waals surface area contributed by atoms with Gasteiger partial charge in [0.25, 0.3) is 0 Å². The van der Waals surface area contributed by atoms with Crippen LogP contribution in [-0.2, 0) is 17.3 Å². The van der Waals surface area contributed by atoms with E-state index in [9.17, 15) is 4.79 Å². The first-order valence-corrected chi connectivity index (χ1v) is 10.1. The molecule has 2 aromatic rings. The first-order valence-electron chi connectivity index (χ1n) is 10.1. The summed E-state index contributed by atoms with van der Waals surface area (Å²) in [5.41, 5.74) is 0.805. The minimum atomic E-state index is -0.378. The van der Waals surface area contributed by atoms with Gasteiger partial charge in [-0.3, -0.25) is 4.79 Å². The van der Waals surface area contributed by atoms with Gasteiger partial charge in [0.15, 0.2) is 0 Å². The van der Waals surface area contributed by atoms with Crippen LogP contribution in [0.5, 0.6) is 0 Å². The molecule has 5 heteroatoms. The number of carbonyl (C=O) groups excluding carboxylic acids is 1. The van der Waals surface area contributed by atoms with Crippen molar-refractivity contribution in [3.8, 4) is 0 Å². The first-order chi connectivity index (χ1) is 13.1. The van der Waals surface area contributed by atoms with Gasteiger partial charge < -0.3 is 14.4 Å². The Balaban J connectivity index is 1.61. The molecular weight excluding hydrogens is 336 g/mol. The molecule has 0 aliphatic carbocycles. The zero-order chi connectivity index (χ0) is 18.9. The Morgan fingerprint density at radius 2 is 1.85 bits per heavy atom. The minimum Gasteiger partial charge on any atom is -0.341 e. The summed E-state index contributed by atoms with van der Waals surface area (Å²) in [6.07, 6.45) is 7.81. The number of carbonyl (C=O) groups is 1. The van der Waals surface area contributed by atoms with Gasteiger partial charge in [-0.25, -0.2) is 4.98 Å². The van der Waals surface area contributed by atoms with E-state index in [1.54, 1.807) is 0 Å². The molecular formula is C22H30N4O. The summed E-state index contributed by atoms with van der Waals surface area (Å²) >= 11 is 0. The van der Waals surface area contributed by atoms with Gasteiger partial charge >= 0.3 is 0 Å². The van der Waals surface area contributed by atoms with Crippen LogP contribution < -0.4 is 0 Å². The molecule has 2 fully saturated rings. The zero-order valence-electron chi connectivity index (χ0n) is 16.5. The van der Waals surface area contributed by atoms with Crippen LogP contribution in [0, 0.1) is 0 Å². The average molecular weight is 367 g/mol. The van der Waals surface area contributed by atoms with Crippen LogP contribution in [0.25, 0.3) is 0 Å². The lowest BCUT2D eigenvalue weighted by Gasteiger charge is -2.44. The monoisotopic (exact) mass is 366 g/mol. The van der Waals surface area contributed by atoms with Crippen molar-refractivity contribution in [3.05, 3.63) is 54.1 Å². The van der Waals surface area contributed by atoms with E-state index in [-0.39, 0.29) is 5.41 Å². The quantitative estimate of drug-likeness (QED) is 0.839. The van der Waals surface area contributed by atoms with Gasteiger partial charge in [0.05, 0.1) is 5.41 Å². The molecule has 2 aliphatic rings. The SMILES string of the molecule is CN1CCC(C(=O)N2CCC[C@@H](c3nccn3C)C2)(c2ccccc2)CC1. The third-order valence-corrected chi connectivity index (χ3v) is 6.51. The van der Waals surface area contributed by atoms with Gasteiger partial charge in [-0.05, 0) is 51.4 Å². The molecule has 0 saturated carbocycles. The molecule has 0 bridgehead atoms. The van der Waals surface area contributed by atoms with Crippen molar-refractivity contribution in [2.45, 2.75) is 37.0 Å². The van der Waals surface area contributed by atoms with E-state index in [4.69, 9.17) is 0 Å². The number of hydrogen-bond acceptors (Lipinski definition) is 3. The molecule has 2 aliphatic heterocycles. The van der Waals surface area contributed by atoms with Crippen molar-refractivity contribution in [2.24, 2.45) is 7.05 Å². The topological polar surface area (TPSA) is 41.4 Å². The number of benzene rings is 1. The van der Waals surface area contributed by atoms with E-state index < -0.39 is 0 Å². The first kappa shape index (κ1) is 18.2. The predicted molar refractivity (Wildman–Crippen MR) is 107 cm³/mol. The zero-order valence-corrected chi connectivity index (χ0v) is 16.5. The van der Waals surface area contributed by atoms with Crippen molar-refractivity contribution in [1.29, 1.82) is 0 Å². The maximum atomic E-state index is 13.9. The van der Waals surface area contributed by atoms with Crippen molar-refractivity contribution in [2.75, 3.05) is 33.2 Å². The molecule has 0 spiro atoms. The van der Waals surface area contributed by atoms with Crippen molar-refractivity contribution >= 4 is 5.91 Å². The van der Waals surface area contributed by atoms with E-state index in [0.717, 1.165) is 57.7 Å². The van der Waals surface area contributed by atoms with Crippen LogP contribution in [0.15, 0.2) is 42.7 Å². The molecule has 144 valence electrons. The summed E-state index contributed by atoms with van der Waals surface area (Å²) < 4.78 is 2.10. The second-order valence-electron chi connectivity index (χ2n) is 8.24. The maximum absolute atomic E-state index is 13.9. The molecule has 3 heterocycles. The summed E-state index contributed by atoms with van der Waals surface area (Å²) in [5, 5.41) is 0. The predicted octanol–water partition coefficient (Wildman–Crippen LogP) is 2.79. The molecule has 1 aromatic heterocycles. The fourth-order valence-corrected chi connectivity index (χ4v) is 4.83. The number of hydrogen-bond donors (Lipinski definition) is 0. The van der Waals surface area contributed by atoms with E-state index in [2.05, 4.69) is 50.7 Å². The van der Waals surface area contributed by atoms with E-state index in [0.29, 0.717) is 11.8 Å². The fourth-order valence-electron chi connectivity index (χ4n) is 4.83. The molecule has 1 aromatic carbocycles. The highest BCUT2D eigenvalue weighted by molar-refractivity contribution is 5.88. The van der Waals surface area contributed by atoms with Crippen LogP contribution in [0.3, 0.4) is 0 Å². The summed E-state index contributed by atoms with van der Waals surface area (Å²) in [7, 11) is 4.20. The van der Waals surface area contributed by atoms with E-state index >= 15 is 0 Å². The standard InChI is InChI=1S/C22H30N4O/c1-24-14-10-22(11-15-24,19-8-4-3-5-9-19)21(27)26-13-6-7-18(17-26)20-23-12-16-25(20)2/h3-5,8-9,12,16,18H,6-7,10-11,13-15,17H2,1-2H3/t18-/m1/s1. The molecule has 4 rings (SSSR count). The lowest BCUT2D eigenvalue weighted by molar-refractivity contribution is -0.140. The Morgan fingerprint density at radius 1 is 1.11 bits per heavy atom. The Kier molecular flexibility index (Phi) is 5.04. The average Bonchev–Trinajstić information content (AvgIpc) is 3.15. The Hall–Kier alpha value is -2.14. The largest absolute Gasteiger partial charge is 0.341 e. The van der Waals surface area contributed by atoms with Crippen LogP contribution in [0.4, 0.5) is 0 Å². The number of rotatable bonds is 3. The number of amides is 1. The summed E-state index contributed by atoms with van der Waals surface area (Å²) in [5.74, 6) is 1.76. The summed E-state index contributed by atoms with van der Waals surface area (Å²) in [4.78, 5) is 22.9. The van der Waals surface area contributed by atoms with Crippen molar-refractivity contribution < 1.29 is 4.79 Å². The number of imidazole rings is 1. The number of likely N-dealkylation sites (tertiary alicyclic amines) is 2. The van der Waals surface area contributed by atoms with E-state index in [1.165, 1.54) is 5.56 Å². The van der Waals surface area contributed by atoms with Gasteiger partial charge in [0.2, 0.25) is 5.91 Å². The lowest BCUT2D eigenvalue weighted by Crippen LogP contribution is -2.54. The summed E-state index contributed by atoms with van der Waals surface area (Å²) in [6, 6.07) is 10.5. The maximum Gasteiger partial charge on any atom is 0.233 e. The van der Waals surface area contributed by atoms with Crippen molar-refractivity contribution in [3.63, 3.8) is 0 Å². The van der Waals surface area contributed by atoms with E-state index in [1.807, 2.05) is 25.5 Å². The second kappa shape index (κ2) is 7.47. The number of aromatic nitrogens is 2. The highest BCUT2D eigenvalue weighted by atomic mass is 16.2. The van der Waals surface area contributed by atoms with Gasteiger partial charge in [-0.2, -0.15) is 0 Å². The molecule has 2 saturated heterocycles. The van der Waals surface area contributed by atoms with Crippen LogP contribution >= 0.6 is 0 Å². The molecule has 0 unspecified atom stereocenters. The van der Waals surface area contributed by atoms with Crippen LogP contribution in [-0.4, -0.2) is 58.5 Å². The third kappa shape index (κ3) is 3.41. The van der Waals surface area contributed by atoms with Crippen molar-refractivity contribution in [1.82, 2.24) is 19.4 Å². The number of nitrogens with zero attached hydrogens (tertiary/aromatic N) is 4. The van der Waals surface area contributed by atoms with Gasteiger partial charge in [0.1, 0.15) is 5.82 Å². The fraction of sp³-hybridized carbons (Fsp3) is 0.545. The Labute approximate surface area is 162 Å². The number of aryl methyl sites for hydroxylation is 1. The van der Waals surface area contributed by atoms with Gasteiger partial charge in [-0.15, -0.1) is 0 Å². The van der Waals surface area contributed by atoms with Gasteiger partial charge in [0, 0.05) is 38.4 Å². The van der Waals surface area contributed by atoms with Gasteiger partial charge in [-0.1, -0.05) is 30.3 Å². The van der Waals surface area contributed by atoms with Crippen LogP contribution in [0.2, 0.25) is 0 Å². The third-order valence-electron chi connectivity index (χ3n) is 6.51. The highest BCUT2D eigenvalue weighted by Gasteiger charge is 2.45. The number of piperidine rings is 2. The Bertz CT molecular complexity index is 777. The molecule has 1 atom stereocenters. The minimum absolute atomic E-state index is 0.320. The highest BCUT2D eigenvalue weighted by Crippen LogP contribution is 2.39. The second-order valence-corrected chi connectivity index (χ2v) is 8.24. The normalized spacial score (nSPS) is 23.3. The summed E-state index contributed by atoms with van der Waals surface area (Å²) in [6.45, 7) is 3.59. The molecule has 5 nitrogen and oxygen atoms in total. The molecule has 27 heavy (non-hydrogen) atoms. The van der Waals surface area contributed by atoms with Crippen LogP contribution in [0.1, 0.15) is 43.0 Å². The molecule has 1 amide bonds. The Morgan fingerprint density at radius 3 is 2.52 bits per heavy atom. The lowest BCUT2D eigenvalue weighted by atomic mass is 9.71. The smallest absolute Gasteiger partial charge is 0.233 e.